The Morgan fingerprint density at radius 3 is 1.63 bits per heavy atom. The van der Waals surface area contributed by atoms with Gasteiger partial charge in [0.2, 0.25) is 5.95 Å². The maximum atomic E-state index is 11.7. The number of aromatic amines is 1. The van der Waals surface area contributed by atoms with E-state index >= 15 is 0 Å². The van der Waals surface area contributed by atoms with Crippen molar-refractivity contribution in [2.24, 2.45) is 0 Å². The zero-order valence-electron chi connectivity index (χ0n) is 41.8. The molecule has 0 saturated heterocycles. The van der Waals surface area contributed by atoms with Gasteiger partial charge in [0, 0.05) is 34.5 Å². The number of unbranched alkanes of at least 4 members (excludes halogenated alkanes) is 23. The molecule has 7 heteroatoms. The van der Waals surface area contributed by atoms with E-state index < -0.39 is 0 Å². The normalized spacial score (nSPS) is 12.3. The van der Waals surface area contributed by atoms with Crippen molar-refractivity contribution in [1.82, 2.24) is 14.9 Å². The van der Waals surface area contributed by atoms with Gasteiger partial charge in [0.05, 0.1) is 18.0 Å². The van der Waals surface area contributed by atoms with Gasteiger partial charge in [-0.1, -0.05) is 175 Å². The SMILES string of the molecule is C=C=C(CCCCCCCN(CCCCCCC/C(=C\C)OC(CC)CCCCCCCC)CCCNc1nccc(=O)[nH]1)OC(CCCCCCCC)CCCCCCCC.[HH].[HH]. The number of anilines is 1. The van der Waals surface area contributed by atoms with Crippen molar-refractivity contribution in [3.05, 3.63) is 52.5 Å². The van der Waals surface area contributed by atoms with Crippen LogP contribution in [-0.4, -0.2) is 53.3 Å². The predicted molar refractivity (Wildman–Crippen MR) is 274 cm³/mol. The molecule has 1 heterocycles. The second-order valence-corrected chi connectivity index (χ2v) is 18.4. The van der Waals surface area contributed by atoms with Crippen molar-refractivity contribution in [3.8, 4) is 0 Å². The summed E-state index contributed by atoms with van der Waals surface area (Å²) in [5.41, 5.74) is 3.07. The minimum absolute atomic E-state index is 0. The molecular weight excluding hydrogens is 765 g/mol. The molecule has 0 radical (unpaired) electrons. The highest BCUT2D eigenvalue weighted by atomic mass is 16.5. The van der Waals surface area contributed by atoms with Crippen molar-refractivity contribution in [3.63, 3.8) is 0 Å². The first-order valence-electron chi connectivity index (χ1n) is 26.9. The van der Waals surface area contributed by atoms with Gasteiger partial charge in [-0.3, -0.25) is 9.78 Å². The number of aromatic nitrogens is 2. The number of hydrogen-bond donors (Lipinski definition) is 2. The highest BCUT2D eigenvalue weighted by Gasteiger charge is 2.13. The van der Waals surface area contributed by atoms with Crippen molar-refractivity contribution in [2.45, 2.75) is 272 Å². The highest BCUT2D eigenvalue weighted by Crippen LogP contribution is 2.23. The molecule has 1 aromatic heterocycles. The number of nitrogens with zero attached hydrogens (tertiary/aromatic N) is 2. The van der Waals surface area contributed by atoms with E-state index in [4.69, 9.17) is 9.47 Å². The molecule has 7 nitrogen and oxygen atoms in total. The van der Waals surface area contributed by atoms with E-state index in [2.05, 4.69) is 73.2 Å². The lowest BCUT2D eigenvalue weighted by atomic mass is 10.0. The summed E-state index contributed by atoms with van der Waals surface area (Å²) in [6.45, 7) is 19.5. The Labute approximate surface area is 387 Å². The molecule has 0 amide bonds. The van der Waals surface area contributed by atoms with Crippen LogP contribution in [0.25, 0.3) is 0 Å². The van der Waals surface area contributed by atoms with Crippen LogP contribution >= 0.6 is 0 Å². The van der Waals surface area contributed by atoms with Crippen LogP contribution < -0.4 is 10.9 Å². The summed E-state index contributed by atoms with van der Waals surface area (Å²) in [6, 6.07) is 1.45. The molecule has 0 saturated carbocycles. The summed E-state index contributed by atoms with van der Waals surface area (Å²) in [5.74, 6) is 2.76. The molecule has 0 aliphatic rings. The van der Waals surface area contributed by atoms with Crippen LogP contribution in [0.5, 0.6) is 0 Å². The lowest BCUT2D eigenvalue weighted by Crippen LogP contribution is -2.28. The van der Waals surface area contributed by atoms with Crippen molar-refractivity contribution < 1.29 is 12.3 Å². The van der Waals surface area contributed by atoms with Crippen molar-refractivity contribution >= 4 is 5.95 Å². The monoisotopic (exact) mass is 871 g/mol. The topological polar surface area (TPSA) is 79.5 Å². The molecule has 364 valence electrons. The minimum Gasteiger partial charge on any atom is -0.495 e. The van der Waals surface area contributed by atoms with Gasteiger partial charge in [0.1, 0.15) is 5.76 Å². The van der Waals surface area contributed by atoms with Crippen LogP contribution in [0.15, 0.2) is 47.0 Å². The smallest absolute Gasteiger partial charge is 0.252 e. The Hall–Kier alpha value is -2.50. The van der Waals surface area contributed by atoms with Crippen LogP contribution in [-0.2, 0) is 9.47 Å². The molecule has 1 aromatic rings. The molecule has 2 N–H and O–H groups in total. The summed E-state index contributed by atoms with van der Waals surface area (Å²) in [7, 11) is 0. The van der Waals surface area contributed by atoms with Gasteiger partial charge < -0.3 is 19.7 Å². The Balaban J connectivity index is 0. The first-order chi connectivity index (χ1) is 30.5. The molecule has 62 heavy (non-hydrogen) atoms. The first kappa shape index (κ1) is 57.5. The van der Waals surface area contributed by atoms with Gasteiger partial charge in [-0.15, -0.1) is 0 Å². The maximum Gasteiger partial charge on any atom is 0.252 e. The zero-order valence-corrected chi connectivity index (χ0v) is 41.8. The summed E-state index contributed by atoms with van der Waals surface area (Å²) < 4.78 is 13.1. The Bertz CT molecular complexity index is 1250. The lowest BCUT2D eigenvalue weighted by molar-refractivity contribution is 0.0890. The average molecular weight is 871 g/mol. The number of nitrogens with one attached hydrogen (secondary N) is 2. The van der Waals surface area contributed by atoms with E-state index in [9.17, 15) is 4.79 Å². The summed E-state index contributed by atoms with van der Waals surface area (Å²) >= 11 is 0. The Morgan fingerprint density at radius 1 is 0.661 bits per heavy atom. The van der Waals surface area contributed by atoms with Crippen molar-refractivity contribution in [1.29, 1.82) is 0 Å². The number of allylic oxidation sites excluding steroid dienone is 3. The van der Waals surface area contributed by atoms with Gasteiger partial charge >= 0.3 is 0 Å². The molecule has 0 aliphatic carbocycles. The fourth-order valence-electron chi connectivity index (χ4n) is 8.56. The Kier molecular flexibility index (Phi) is 40.6. The predicted octanol–water partition coefficient (Wildman–Crippen LogP) is 17.1. The number of ether oxygens (including phenoxy) is 2. The van der Waals surface area contributed by atoms with Gasteiger partial charge in [0.25, 0.3) is 5.56 Å². The number of H-pyrrole nitrogens is 1. The van der Waals surface area contributed by atoms with E-state index in [1.165, 1.54) is 204 Å². The average Bonchev–Trinajstić information content (AvgIpc) is 3.28. The molecule has 1 rings (SSSR count). The minimum atomic E-state index is -0.118. The summed E-state index contributed by atoms with van der Waals surface area (Å²) in [6.07, 6.45) is 48.8. The van der Waals surface area contributed by atoms with E-state index in [1.54, 1.807) is 6.20 Å². The highest BCUT2D eigenvalue weighted by molar-refractivity contribution is 5.21. The summed E-state index contributed by atoms with van der Waals surface area (Å²) in [5, 5.41) is 3.30. The largest absolute Gasteiger partial charge is 0.495 e. The van der Waals surface area contributed by atoms with Gasteiger partial charge in [-0.25, -0.2) is 4.98 Å². The van der Waals surface area contributed by atoms with Gasteiger partial charge in [0.15, 0.2) is 0 Å². The second kappa shape index (κ2) is 43.7. The number of hydrogen-bond acceptors (Lipinski definition) is 6. The molecule has 1 atom stereocenters. The quantitative estimate of drug-likeness (QED) is 0.0386. The van der Waals surface area contributed by atoms with Gasteiger partial charge in [-0.05, 0) is 110 Å². The zero-order chi connectivity index (χ0) is 45.0. The Morgan fingerprint density at radius 2 is 1.13 bits per heavy atom. The van der Waals surface area contributed by atoms with Gasteiger partial charge in [-0.2, -0.15) is 0 Å². The van der Waals surface area contributed by atoms with E-state index in [1.807, 2.05) is 0 Å². The summed E-state index contributed by atoms with van der Waals surface area (Å²) in [4.78, 5) is 21.4. The fraction of sp³-hybridized carbons (Fsp3) is 0.836. The standard InChI is InChI=1S/C55H102N4O3.2H2/c1-7-13-16-19-24-31-39-50(10-4)61-51(11-5)40-32-27-22-29-36-47-59(49-38-45-56-55-57-46-44-54(60)58-55)48-37-30-23-28-33-41-52(12-6)62-53(42-34-25-20-17-14-8-2)43-35-26-21-18-15-9-3;;/h11,44,46,50,53H,6-10,13-43,45,47-49H2,1-5H3,(H2,56,57,58,60);2*1H/b51-11+;;. The lowest BCUT2D eigenvalue weighted by Gasteiger charge is -2.22. The molecular formula is C55H106N4O3. The fourth-order valence-corrected chi connectivity index (χ4v) is 8.56. The molecule has 0 fully saturated rings. The second-order valence-electron chi connectivity index (χ2n) is 18.4. The first-order valence-corrected chi connectivity index (χ1v) is 26.9. The van der Waals surface area contributed by atoms with Crippen LogP contribution in [0, 0.1) is 0 Å². The van der Waals surface area contributed by atoms with Crippen LogP contribution in [0.1, 0.15) is 262 Å². The van der Waals surface area contributed by atoms with Crippen LogP contribution in [0.3, 0.4) is 0 Å². The maximum absolute atomic E-state index is 11.7. The molecule has 0 aromatic carbocycles. The molecule has 0 aliphatic heterocycles. The van der Waals surface area contributed by atoms with E-state index in [-0.39, 0.29) is 8.41 Å². The molecule has 0 bridgehead atoms. The molecule has 1 unspecified atom stereocenters. The molecule has 0 spiro atoms. The third kappa shape index (κ3) is 34.9. The van der Waals surface area contributed by atoms with E-state index in [0.29, 0.717) is 18.2 Å². The third-order valence-corrected chi connectivity index (χ3v) is 12.6. The van der Waals surface area contributed by atoms with Crippen molar-refractivity contribution in [2.75, 3.05) is 31.5 Å². The third-order valence-electron chi connectivity index (χ3n) is 12.6. The van der Waals surface area contributed by atoms with Crippen LogP contribution in [0.4, 0.5) is 5.95 Å². The number of rotatable bonds is 47. The van der Waals surface area contributed by atoms with E-state index in [0.717, 1.165) is 64.0 Å². The van der Waals surface area contributed by atoms with Crippen LogP contribution in [0.2, 0.25) is 0 Å².